The van der Waals surface area contributed by atoms with Crippen molar-refractivity contribution in [2.45, 2.75) is 20.0 Å². The first-order valence-corrected chi connectivity index (χ1v) is 4.29. The molecular formula is C8H18N2O. The molecule has 1 aliphatic rings. The molecule has 0 saturated carbocycles. The lowest BCUT2D eigenvalue weighted by Gasteiger charge is -2.34. The summed E-state index contributed by atoms with van der Waals surface area (Å²) in [5.74, 6) is 0.535. The summed E-state index contributed by atoms with van der Waals surface area (Å²) < 4.78 is 5.23. The first-order valence-electron chi connectivity index (χ1n) is 4.29. The van der Waals surface area contributed by atoms with E-state index < -0.39 is 0 Å². The fraction of sp³-hybridized carbons (Fsp3) is 1.00. The third-order valence-electron chi connectivity index (χ3n) is 2.15. The van der Waals surface area contributed by atoms with E-state index in [1.165, 1.54) is 0 Å². The molecule has 0 aromatic heterocycles. The second-order valence-corrected chi connectivity index (χ2v) is 3.38. The number of nitrogens with two attached hydrogens (primary N) is 1. The van der Waals surface area contributed by atoms with Crippen LogP contribution < -0.4 is 5.73 Å². The summed E-state index contributed by atoms with van der Waals surface area (Å²) in [6.45, 7) is 7.94. The van der Waals surface area contributed by atoms with Crippen LogP contribution in [0.1, 0.15) is 13.8 Å². The molecule has 1 unspecified atom stereocenters. The molecule has 0 amide bonds. The molecule has 1 saturated heterocycles. The molecule has 3 nitrogen and oxygen atoms in total. The van der Waals surface area contributed by atoms with Crippen LogP contribution in [-0.2, 0) is 4.74 Å². The molecule has 3 heteroatoms. The van der Waals surface area contributed by atoms with Crippen molar-refractivity contribution >= 4 is 0 Å². The van der Waals surface area contributed by atoms with E-state index in [2.05, 4.69) is 18.7 Å². The number of hydrogen-bond acceptors (Lipinski definition) is 3. The van der Waals surface area contributed by atoms with Crippen LogP contribution in [-0.4, -0.2) is 37.4 Å². The summed E-state index contributed by atoms with van der Waals surface area (Å²) >= 11 is 0. The maximum atomic E-state index is 5.96. The van der Waals surface area contributed by atoms with Gasteiger partial charge in [-0.15, -0.1) is 0 Å². The molecule has 2 N–H and O–H groups in total. The largest absolute Gasteiger partial charge is 0.379 e. The second-order valence-electron chi connectivity index (χ2n) is 3.38. The Morgan fingerprint density at radius 3 is 2.27 bits per heavy atom. The lowest BCUT2D eigenvalue weighted by Crippen LogP contribution is -2.50. The normalized spacial score (nSPS) is 24.0. The van der Waals surface area contributed by atoms with Gasteiger partial charge in [0.1, 0.15) is 0 Å². The van der Waals surface area contributed by atoms with E-state index in [0.717, 1.165) is 26.3 Å². The van der Waals surface area contributed by atoms with E-state index >= 15 is 0 Å². The number of morpholine rings is 1. The van der Waals surface area contributed by atoms with Gasteiger partial charge in [-0.3, -0.25) is 4.90 Å². The van der Waals surface area contributed by atoms with E-state index in [0.29, 0.717) is 5.92 Å². The van der Waals surface area contributed by atoms with E-state index in [9.17, 15) is 0 Å². The summed E-state index contributed by atoms with van der Waals surface area (Å²) in [7, 11) is 0. The Hall–Kier alpha value is -0.120. The van der Waals surface area contributed by atoms with Crippen molar-refractivity contribution in [3.63, 3.8) is 0 Å². The van der Waals surface area contributed by atoms with Gasteiger partial charge in [-0.05, 0) is 5.92 Å². The topological polar surface area (TPSA) is 38.5 Å². The van der Waals surface area contributed by atoms with Crippen LogP contribution in [0.15, 0.2) is 0 Å². The first kappa shape index (κ1) is 8.97. The first-order chi connectivity index (χ1) is 5.22. The van der Waals surface area contributed by atoms with Crippen molar-refractivity contribution in [3.05, 3.63) is 0 Å². The predicted molar refractivity (Wildman–Crippen MR) is 45.2 cm³/mol. The quantitative estimate of drug-likeness (QED) is 0.626. The number of hydrogen-bond donors (Lipinski definition) is 1. The monoisotopic (exact) mass is 158 g/mol. The molecular weight excluding hydrogens is 140 g/mol. The summed E-state index contributed by atoms with van der Waals surface area (Å²) in [5.41, 5.74) is 5.96. The summed E-state index contributed by atoms with van der Waals surface area (Å²) in [4.78, 5) is 2.29. The van der Waals surface area contributed by atoms with Gasteiger partial charge in [0, 0.05) is 13.1 Å². The third-order valence-corrected chi connectivity index (χ3v) is 2.15. The van der Waals surface area contributed by atoms with Crippen molar-refractivity contribution in [2.75, 3.05) is 26.3 Å². The van der Waals surface area contributed by atoms with Crippen LogP contribution in [0.3, 0.4) is 0 Å². The predicted octanol–water partition coefficient (Wildman–Crippen LogP) is 0.259. The highest BCUT2D eigenvalue weighted by molar-refractivity contribution is 4.70. The average molecular weight is 158 g/mol. The maximum Gasteiger partial charge on any atom is 0.0597 e. The van der Waals surface area contributed by atoms with Crippen molar-refractivity contribution < 1.29 is 4.74 Å². The highest BCUT2D eigenvalue weighted by Crippen LogP contribution is 2.07. The zero-order chi connectivity index (χ0) is 8.27. The van der Waals surface area contributed by atoms with E-state index in [-0.39, 0.29) is 6.17 Å². The molecule has 0 spiro atoms. The van der Waals surface area contributed by atoms with Crippen molar-refractivity contribution in [1.82, 2.24) is 4.90 Å². The Labute approximate surface area is 68.5 Å². The molecule has 0 aromatic rings. The fourth-order valence-electron chi connectivity index (χ4n) is 1.30. The Morgan fingerprint density at radius 1 is 1.27 bits per heavy atom. The number of nitrogens with zero attached hydrogens (tertiary/aromatic N) is 1. The van der Waals surface area contributed by atoms with Gasteiger partial charge in [0.2, 0.25) is 0 Å². The van der Waals surface area contributed by atoms with Gasteiger partial charge in [0.05, 0.1) is 19.4 Å². The summed E-state index contributed by atoms with van der Waals surface area (Å²) in [6, 6.07) is 0. The number of ether oxygens (including phenoxy) is 1. The molecule has 0 aliphatic carbocycles. The molecule has 66 valence electrons. The maximum absolute atomic E-state index is 5.96. The summed E-state index contributed by atoms with van der Waals surface area (Å²) in [6.07, 6.45) is 0.207. The van der Waals surface area contributed by atoms with Gasteiger partial charge in [-0.2, -0.15) is 0 Å². The zero-order valence-corrected chi connectivity index (χ0v) is 7.42. The van der Waals surface area contributed by atoms with Gasteiger partial charge < -0.3 is 10.5 Å². The van der Waals surface area contributed by atoms with Crippen LogP contribution >= 0.6 is 0 Å². The van der Waals surface area contributed by atoms with Crippen molar-refractivity contribution in [2.24, 2.45) is 11.7 Å². The molecule has 11 heavy (non-hydrogen) atoms. The van der Waals surface area contributed by atoms with E-state index in [4.69, 9.17) is 10.5 Å². The lowest BCUT2D eigenvalue weighted by atomic mass is 10.1. The smallest absolute Gasteiger partial charge is 0.0597 e. The van der Waals surface area contributed by atoms with Gasteiger partial charge in [0.25, 0.3) is 0 Å². The Morgan fingerprint density at radius 2 is 1.82 bits per heavy atom. The van der Waals surface area contributed by atoms with Crippen LogP contribution in [0.4, 0.5) is 0 Å². The van der Waals surface area contributed by atoms with Crippen LogP contribution in [0.25, 0.3) is 0 Å². The molecule has 0 radical (unpaired) electrons. The Bertz CT molecular complexity index is 111. The number of rotatable bonds is 2. The molecule has 1 aliphatic heterocycles. The highest BCUT2D eigenvalue weighted by atomic mass is 16.5. The van der Waals surface area contributed by atoms with Crippen molar-refractivity contribution in [1.29, 1.82) is 0 Å². The van der Waals surface area contributed by atoms with E-state index in [1.807, 2.05) is 0 Å². The van der Waals surface area contributed by atoms with Gasteiger partial charge >= 0.3 is 0 Å². The average Bonchev–Trinajstić information content (AvgIpc) is 2.05. The lowest BCUT2D eigenvalue weighted by molar-refractivity contribution is 0.00789. The molecule has 1 atom stereocenters. The minimum absolute atomic E-state index is 0.207. The zero-order valence-electron chi connectivity index (χ0n) is 7.42. The second kappa shape index (κ2) is 4.04. The van der Waals surface area contributed by atoms with Crippen LogP contribution in [0.5, 0.6) is 0 Å². The van der Waals surface area contributed by atoms with Gasteiger partial charge in [-0.25, -0.2) is 0 Å². The SMILES string of the molecule is CC(C)C(N)N1CCOCC1. The minimum Gasteiger partial charge on any atom is -0.379 e. The van der Waals surface area contributed by atoms with Gasteiger partial charge in [-0.1, -0.05) is 13.8 Å². The standard InChI is InChI=1S/C8H18N2O/c1-7(2)8(9)10-3-5-11-6-4-10/h7-8H,3-6,9H2,1-2H3. The molecule has 1 rings (SSSR count). The van der Waals surface area contributed by atoms with Gasteiger partial charge in [0.15, 0.2) is 0 Å². The summed E-state index contributed by atoms with van der Waals surface area (Å²) in [5, 5.41) is 0. The molecule has 1 heterocycles. The van der Waals surface area contributed by atoms with E-state index in [1.54, 1.807) is 0 Å². The Balaban J connectivity index is 2.32. The minimum atomic E-state index is 0.207. The molecule has 0 aromatic carbocycles. The highest BCUT2D eigenvalue weighted by Gasteiger charge is 2.19. The Kier molecular flexibility index (Phi) is 3.30. The fourth-order valence-corrected chi connectivity index (χ4v) is 1.30. The van der Waals surface area contributed by atoms with Crippen molar-refractivity contribution in [3.8, 4) is 0 Å². The van der Waals surface area contributed by atoms with Crippen LogP contribution in [0, 0.1) is 5.92 Å². The molecule has 1 fully saturated rings. The third kappa shape index (κ3) is 2.43. The van der Waals surface area contributed by atoms with Crippen LogP contribution in [0.2, 0.25) is 0 Å². The molecule has 0 bridgehead atoms.